The topological polar surface area (TPSA) is 46.3 Å². The standard InChI is InChI=1S/C15H13BrCl2N2O/c1-20(8-9-4-11(17)7-12(18)5-9)15(21)13-6-10(16)2-3-14(13)19/h2-7H,8,19H2,1H3. The number of nitrogen functional groups attached to an aromatic ring is 1. The molecule has 0 spiro atoms. The number of halogens is 3. The van der Waals surface area contributed by atoms with Gasteiger partial charge in [0, 0.05) is 33.8 Å². The first-order chi connectivity index (χ1) is 9.86. The number of rotatable bonds is 3. The number of benzene rings is 2. The highest BCUT2D eigenvalue weighted by Crippen LogP contribution is 2.22. The van der Waals surface area contributed by atoms with Crippen molar-refractivity contribution in [1.29, 1.82) is 0 Å². The van der Waals surface area contributed by atoms with E-state index < -0.39 is 0 Å². The molecule has 21 heavy (non-hydrogen) atoms. The Labute approximate surface area is 141 Å². The van der Waals surface area contributed by atoms with Crippen LogP contribution >= 0.6 is 39.1 Å². The minimum Gasteiger partial charge on any atom is -0.398 e. The molecule has 110 valence electrons. The van der Waals surface area contributed by atoms with Gasteiger partial charge >= 0.3 is 0 Å². The maximum atomic E-state index is 12.5. The zero-order chi connectivity index (χ0) is 15.6. The Hall–Kier alpha value is -1.23. The molecule has 0 radical (unpaired) electrons. The summed E-state index contributed by atoms with van der Waals surface area (Å²) in [6, 6.07) is 10.4. The number of carbonyl (C=O) groups excluding carboxylic acids is 1. The average Bonchev–Trinajstić information content (AvgIpc) is 2.39. The number of nitrogens with zero attached hydrogens (tertiary/aromatic N) is 1. The second kappa shape index (κ2) is 6.69. The van der Waals surface area contributed by atoms with E-state index >= 15 is 0 Å². The molecule has 0 aromatic heterocycles. The SMILES string of the molecule is CN(Cc1cc(Cl)cc(Cl)c1)C(=O)c1cc(Br)ccc1N. The van der Waals surface area contributed by atoms with Gasteiger partial charge in [-0.05, 0) is 42.0 Å². The van der Waals surface area contributed by atoms with Gasteiger partial charge in [-0.25, -0.2) is 0 Å². The average molecular weight is 388 g/mol. The van der Waals surface area contributed by atoms with Crippen LogP contribution in [0, 0.1) is 0 Å². The summed E-state index contributed by atoms with van der Waals surface area (Å²) < 4.78 is 0.805. The second-order valence-corrected chi connectivity index (χ2v) is 6.46. The minimum absolute atomic E-state index is 0.162. The highest BCUT2D eigenvalue weighted by Gasteiger charge is 2.15. The summed E-state index contributed by atoms with van der Waals surface area (Å²) >= 11 is 15.3. The number of amides is 1. The van der Waals surface area contributed by atoms with Crippen molar-refractivity contribution in [2.24, 2.45) is 0 Å². The van der Waals surface area contributed by atoms with Crippen molar-refractivity contribution in [2.75, 3.05) is 12.8 Å². The lowest BCUT2D eigenvalue weighted by atomic mass is 10.1. The minimum atomic E-state index is -0.162. The van der Waals surface area contributed by atoms with E-state index in [2.05, 4.69) is 15.9 Å². The lowest BCUT2D eigenvalue weighted by Crippen LogP contribution is -2.27. The number of hydrogen-bond donors (Lipinski definition) is 1. The van der Waals surface area contributed by atoms with Crippen LogP contribution in [0.5, 0.6) is 0 Å². The maximum absolute atomic E-state index is 12.5. The summed E-state index contributed by atoms with van der Waals surface area (Å²) in [5, 5.41) is 1.08. The van der Waals surface area contributed by atoms with Gasteiger partial charge in [-0.1, -0.05) is 39.1 Å². The molecule has 2 N–H and O–H groups in total. The summed E-state index contributed by atoms with van der Waals surface area (Å²) in [6.45, 7) is 0.394. The van der Waals surface area contributed by atoms with Crippen molar-refractivity contribution in [3.8, 4) is 0 Å². The van der Waals surface area contributed by atoms with Crippen LogP contribution in [-0.2, 0) is 6.54 Å². The Kier molecular flexibility index (Phi) is 5.14. The summed E-state index contributed by atoms with van der Waals surface area (Å²) in [4.78, 5) is 14.0. The molecule has 3 nitrogen and oxygen atoms in total. The monoisotopic (exact) mass is 386 g/mol. The van der Waals surface area contributed by atoms with E-state index in [9.17, 15) is 4.79 Å². The van der Waals surface area contributed by atoms with E-state index in [1.165, 1.54) is 0 Å². The third kappa shape index (κ3) is 4.13. The molecule has 0 fully saturated rings. The largest absolute Gasteiger partial charge is 0.398 e. The third-order valence-corrected chi connectivity index (χ3v) is 3.86. The van der Waals surface area contributed by atoms with Crippen LogP contribution in [0.1, 0.15) is 15.9 Å². The van der Waals surface area contributed by atoms with E-state index in [1.54, 1.807) is 48.3 Å². The lowest BCUT2D eigenvalue weighted by molar-refractivity contribution is 0.0786. The zero-order valence-electron chi connectivity index (χ0n) is 11.2. The summed E-state index contributed by atoms with van der Waals surface area (Å²) in [6.07, 6.45) is 0. The fraction of sp³-hybridized carbons (Fsp3) is 0.133. The van der Waals surface area contributed by atoms with Crippen LogP contribution in [0.3, 0.4) is 0 Å². The van der Waals surface area contributed by atoms with Crippen LogP contribution in [0.15, 0.2) is 40.9 Å². The molecule has 0 bridgehead atoms. The van der Waals surface area contributed by atoms with E-state index in [4.69, 9.17) is 28.9 Å². The molecule has 0 heterocycles. The molecule has 0 atom stereocenters. The normalized spacial score (nSPS) is 10.5. The van der Waals surface area contributed by atoms with Crippen molar-refractivity contribution in [3.05, 3.63) is 62.0 Å². The van der Waals surface area contributed by atoms with Gasteiger partial charge in [0.05, 0.1) is 5.56 Å². The second-order valence-electron chi connectivity index (χ2n) is 4.67. The van der Waals surface area contributed by atoms with Crippen LogP contribution in [0.2, 0.25) is 10.0 Å². The van der Waals surface area contributed by atoms with Gasteiger partial charge in [-0.3, -0.25) is 4.79 Å². The predicted molar refractivity (Wildman–Crippen MR) is 90.8 cm³/mol. The fourth-order valence-electron chi connectivity index (χ4n) is 1.97. The highest BCUT2D eigenvalue weighted by molar-refractivity contribution is 9.10. The van der Waals surface area contributed by atoms with Gasteiger partial charge in [-0.15, -0.1) is 0 Å². The number of nitrogens with two attached hydrogens (primary N) is 1. The third-order valence-electron chi connectivity index (χ3n) is 2.93. The molecular formula is C15H13BrCl2N2O. The van der Waals surface area contributed by atoms with Gasteiger partial charge in [0.1, 0.15) is 0 Å². The van der Waals surface area contributed by atoms with Crippen LogP contribution in [0.4, 0.5) is 5.69 Å². The molecule has 2 aromatic carbocycles. The Balaban J connectivity index is 2.21. The molecule has 6 heteroatoms. The Morgan fingerprint density at radius 3 is 2.43 bits per heavy atom. The van der Waals surface area contributed by atoms with Crippen LogP contribution in [-0.4, -0.2) is 17.9 Å². The number of hydrogen-bond acceptors (Lipinski definition) is 2. The van der Waals surface area contributed by atoms with Gasteiger partial charge in [0.15, 0.2) is 0 Å². The molecule has 0 saturated carbocycles. The van der Waals surface area contributed by atoms with Crippen molar-refractivity contribution in [1.82, 2.24) is 4.90 Å². The zero-order valence-corrected chi connectivity index (χ0v) is 14.3. The van der Waals surface area contributed by atoms with E-state index in [-0.39, 0.29) is 5.91 Å². The molecular weight excluding hydrogens is 375 g/mol. The van der Waals surface area contributed by atoms with Crippen molar-refractivity contribution in [3.63, 3.8) is 0 Å². The fourth-order valence-corrected chi connectivity index (χ4v) is 2.90. The maximum Gasteiger partial charge on any atom is 0.256 e. The first-order valence-corrected chi connectivity index (χ1v) is 7.67. The Morgan fingerprint density at radius 2 is 1.81 bits per heavy atom. The predicted octanol–water partition coefficient (Wildman–Crippen LogP) is 4.61. The lowest BCUT2D eigenvalue weighted by Gasteiger charge is -2.19. The van der Waals surface area contributed by atoms with Crippen LogP contribution in [0.25, 0.3) is 0 Å². The van der Waals surface area contributed by atoms with Crippen molar-refractivity contribution >= 4 is 50.7 Å². The number of anilines is 1. The van der Waals surface area contributed by atoms with Crippen molar-refractivity contribution < 1.29 is 4.79 Å². The highest BCUT2D eigenvalue weighted by atomic mass is 79.9. The quantitative estimate of drug-likeness (QED) is 0.781. The van der Waals surface area contributed by atoms with Gasteiger partial charge in [-0.2, -0.15) is 0 Å². The number of carbonyl (C=O) groups is 1. The Bertz CT molecular complexity index is 671. The molecule has 2 aromatic rings. The first kappa shape index (κ1) is 16.1. The summed E-state index contributed by atoms with van der Waals surface area (Å²) in [5.74, 6) is -0.162. The molecule has 2 rings (SSSR count). The molecule has 0 unspecified atom stereocenters. The van der Waals surface area contributed by atoms with Gasteiger partial charge < -0.3 is 10.6 Å². The molecule has 0 saturated heterocycles. The molecule has 0 aliphatic carbocycles. The smallest absolute Gasteiger partial charge is 0.256 e. The molecule has 0 aliphatic heterocycles. The van der Waals surface area contributed by atoms with Crippen LogP contribution < -0.4 is 5.73 Å². The summed E-state index contributed by atoms with van der Waals surface area (Å²) in [5.41, 5.74) is 7.62. The van der Waals surface area contributed by atoms with Crippen molar-refractivity contribution in [2.45, 2.75) is 6.54 Å². The molecule has 0 aliphatic rings. The van der Waals surface area contributed by atoms with Gasteiger partial charge in [0.25, 0.3) is 5.91 Å². The summed E-state index contributed by atoms with van der Waals surface area (Å²) in [7, 11) is 1.71. The van der Waals surface area contributed by atoms with E-state index in [0.717, 1.165) is 10.0 Å². The molecule has 1 amide bonds. The van der Waals surface area contributed by atoms with E-state index in [1.807, 2.05) is 0 Å². The van der Waals surface area contributed by atoms with E-state index in [0.29, 0.717) is 27.8 Å². The first-order valence-electron chi connectivity index (χ1n) is 6.12. The Morgan fingerprint density at radius 1 is 1.19 bits per heavy atom. The van der Waals surface area contributed by atoms with Gasteiger partial charge in [0.2, 0.25) is 0 Å².